The van der Waals surface area contributed by atoms with Gasteiger partial charge in [0.05, 0.1) is 0 Å². The highest BCUT2D eigenvalue weighted by Gasteiger charge is 2.49. The normalized spacial score (nSPS) is 37.8. The standard InChI is InChI=1S/C6H10F3NO3/c7-6(8,9)5(12)4-2(10)1-3(11)13-4/h2-5,11-12H,1,10H2/t2-,3+,4-,5+/m0/s1. The molecule has 13 heavy (non-hydrogen) atoms. The van der Waals surface area contributed by atoms with Crippen molar-refractivity contribution in [2.24, 2.45) is 5.73 Å². The maximum atomic E-state index is 11.9. The van der Waals surface area contributed by atoms with Crippen LogP contribution >= 0.6 is 0 Å². The van der Waals surface area contributed by atoms with E-state index in [1.165, 1.54) is 0 Å². The van der Waals surface area contributed by atoms with Crippen molar-refractivity contribution in [3.63, 3.8) is 0 Å². The Bertz CT molecular complexity index is 186. The highest BCUT2D eigenvalue weighted by atomic mass is 19.4. The minimum absolute atomic E-state index is 0.0994. The lowest BCUT2D eigenvalue weighted by molar-refractivity contribution is -0.244. The number of rotatable bonds is 1. The van der Waals surface area contributed by atoms with Crippen LogP contribution in [0.3, 0.4) is 0 Å². The zero-order chi connectivity index (χ0) is 10.2. The molecule has 0 aliphatic carbocycles. The van der Waals surface area contributed by atoms with E-state index in [9.17, 15) is 13.2 Å². The molecule has 7 heteroatoms. The van der Waals surface area contributed by atoms with E-state index in [4.69, 9.17) is 15.9 Å². The van der Waals surface area contributed by atoms with E-state index in [0.717, 1.165) is 0 Å². The zero-order valence-electron chi connectivity index (χ0n) is 6.53. The second-order valence-electron chi connectivity index (χ2n) is 2.94. The van der Waals surface area contributed by atoms with E-state index in [2.05, 4.69) is 4.74 Å². The quantitative estimate of drug-likeness (QED) is 0.526. The molecular formula is C6H10F3NO3. The molecule has 0 spiro atoms. The number of aliphatic hydroxyl groups is 2. The predicted octanol–water partition coefficient (Wildman–Crippen LogP) is -0.656. The molecule has 0 saturated carbocycles. The Morgan fingerprint density at radius 1 is 1.46 bits per heavy atom. The van der Waals surface area contributed by atoms with Gasteiger partial charge in [-0.2, -0.15) is 13.2 Å². The van der Waals surface area contributed by atoms with Gasteiger partial charge in [-0.05, 0) is 0 Å². The Balaban J connectivity index is 2.62. The molecule has 0 aromatic rings. The Morgan fingerprint density at radius 2 is 2.00 bits per heavy atom. The van der Waals surface area contributed by atoms with Crippen molar-refractivity contribution in [2.75, 3.05) is 0 Å². The molecule has 0 unspecified atom stereocenters. The lowest BCUT2D eigenvalue weighted by atomic mass is 10.1. The molecule has 0 amide bonds. The fraction of sp³-hybridized carbons (Fsp3) is 1.00. The topological polar surface area (TPSA) is 75.7 Å². The van der Waals surface area contributed by atoms with Crippen molar-refractivity contribution >= 4 is 0 Å². The Morgan fingerprint density at radius 3 is 2.31 bits per heavy atom. The van der Waals surface area contributed by atoms with E-state index in [1.54, 1.807) is 0 Å². The van der Waals surface area contributed by atoms with Gasteiger partial charge in [0.1, 0.15) is 6.10 Å². The van der Waals surface area contributed by atoms with E-state index >= 15 is 0 Å². The number of nitrogens with two attached hydrogens (primary N) is 1. The molecule has 4 nitrogen and oxygen atoms in total. The first-order chi connectivity index (χ1) is 5.82. The summed E-state index contributed by atoms with van der Waals surface area (Å²) in [6.45, 7) is 0. The van der Waals surface area contributed by atoms with E-state index in [0.29, 0.717) is 0 Å². The van der Waals surface area contributed by atoms with Crippen LogP contribution in [-0.2, 0) is 4.74 Å². The van der Waals surface area contributed by atoms with Crippen molar-refractivity contribution in [3.8, 4) is 0 Å². The van der Waals surface area contributed by atoms with Gasteiger partial charge in [0.25, 0.3) is 0 Å². The van der Waals surface area contributed by atoms with Crippen LogP contribution in [0.25, 0.3) is 0 Å². The Kier molecular flexibility index (Phi) is 2.81. The summed E-state index contributed by atoms with van der Waals surface area (Å²) < 4.78 is 40.2. The maximum Gasteiger partial charge on any atom is 0.416 e. The molecule has 1 heterocycles. The predicted molar refractivity (Wildman–Crippen MR) is 35.5 cm³/mol. The fourth-order valence-electron chi connectivity index (χ4n) is 1.20. The van der Waals surface area contributed by atoms with Gasteiger partial charge in [0.15, 0.2) is 12.4 Å². The smallest absolute Gasteiger partial charge is 0.381 e. The average molecular weight is 201 g/mol. The van der Waals surface area contributed by atoms with Crippen LogP contribution in [-0.4, -0.2) is 40.9 Å². The number of ether oxygens (including phenoxy) is 1. The molecule has 1 saturated heterocycles. The lowest BCUT2D eigenvalue weighted by Gasteiger charge is -2.22. The number of alkyl halides is 3. The van der Waals surface area contributed by atoms with Crippen molar-refractivity contribution in [1.82, 2.24) is 0 Å². The molecule has 0 bridgehead atoms. The van der Waals surface area contributed by atoms with Crippen LogP contribution in [0.4, 0.5) is 13.2 Å². The van der Waals surface area contributed by atoms with Gasteiger partial charge in [-0.1, -0.05) is 0 Å². The highest BCUT2D eigenvalue weighted by molar-refractivity contribution is 4.89. The largest absolute Gasteiger partial charge is 0.416 e. The van der Waals surface area contributed by atoms with E-state index < -0.39 is 30.7 Å². The average Bonchev–Trinajstić information content (AvgIpc) is 2.26. The second kappa shape index (κ2) is 3.41. The minimum Gasteiger partial charge on any atom is -0.381 e. The van der Waals surface area contributed by atoms with E-state index in [-0.39, 0.29) is 6.42 Å². The van der Waals surface area contributed by atoms with Crippen molar-refractivity contribution in [1.29, 1.82) is 0 Å². The molecule has 0 aromatic heterocycles. The van der Waals surface area contributed by atoms with Gasteiger partial charge < -0.3 is 20.7 Å². The maximum absolute atomic E-state index is 11.9. The third-order valence-electron chi connectivity index (χ3n) is 1.86. The Labute approximate surface area is 72.1 Å². The molecule has 0 aromatic carbocycles. The third-order valence-corrected chi connectivity index (χ3v) is 1.86. The molecule has 1 aliphatic rings. The van der Waals surface area contributed by atoms with Crippen LogP contribution in [0.5, 0.6) is 0 Å². The molecule has 78 valence electrons. The summed E-state index contributed by atoms with van der Waals surface area (Å²) in [6, 6.07) is -0.994. The number of halogens is 3. The first kappa shape index (κ1) is 10.7. The SMILES string of the molecule is N[C@H]1C[C@H](O)O[C@@H]1[C@@H](O)C(F)(F)F. The lowest BCUT2D eigenvalue weighted by Crippen LogP contribution is -2.47. The summed E-state index contributed by atoms with van der Waals surface area (Å²) in [4.78, 5) is 0. The second-order valence-corrected chi connectivity index (χ2v) is 2.94. The molecule has 1 fully saturated rings. The van der Waals surface area contributed by atoms with Crippen LogP contribution in [0, 0.1) is 0 Å². The molecule has 0 radical (unpaired) electrons. The number of aliphatic hydroxyl groups excluding tert-OH is 2. The van der Waals surface area contributed by atoms with Crippen LogP contribution in [0.1, 0.15) is 6.42 Å². The summed E-state index contributed by atoms with van der Waals surface area (Å²) in [5.74, 6) is 0. The van der Waals surface area contributed by atoms with Crippen LogP contribution < -0.4 is 5.73 Å². The van der Waals surface area contributed by atoms with E-state index in [1.807, 2.05) is 0 Å². The summed E-state index contributed by atoms with van der Waals surface area (Å²) >= 11 is 0. The molecule has 4 N–H and O–H groups in total. The summed E-state index contributed by atoms with van der Waals surface area (Å²) in [6.07, 6.45) is -10.4. The van der Waals surface area contributed by atoms with Gasteiger partial charge >= 0.3 is 6.18 Å². The van der Waals surface area contributed by atoms with Crippen molar-refractivity contribution in [2.45, 2.75) is 37.1 Å². The van der Waals surface area contributed by atoms with Crippen molar-refractivity contribution < 1.29 is 28.1 Å². The summed E-state index contributed by atoms with van der Waals surface area (Å²) in [5, 5.41) is 17.5. The molecule has 1 aliphatic heterocycles. The first-order valence-corrected chi connectivity index (χ1v) is 3.66. The van der Waals surface area contributed by atoms with Crippen LogP contribution in [0.2, 0.25) is 0 Å². The number of hydrogen-bond acceptors (Lipinski definition) is 4. The fourth-order valence-corrected chi connectivity index (χ4v) is 1.20. The molecule has 4 atom stereocenters. The minimum atomic E-state index is -4.77. The summed E-state index contributed by atoms with van der Waals surface area (Å²) in [5.41, 5.74) is 5.22. The highest BCUT2D eigenvalue weighted by Crippen LogP contribution is 2.29. The zero-order valence-corrected chi connectivity index (χ0v) is 6.53. The monoisotopic (exact) mass is 201 g/mol. The molecular weight excluding hydrogens is 191 g/mol. The van der Waals surface area contributed by atoms with Gasteiger partial charge in [-0.15, -0.1) is 0 Å². The van der Waals surface area contributed by atoms with Gasteiger partial charge in [-0.25, -0.2) is 0 Å². The molecule has 1 rings (SSSR count). The Hall–Kier alpha value is -0.370. The third kappa shape index (κ3) is 2.31. The van der Waals surface area contributed by atoms with Gasteiger partial charge in [0.2, 0.25) is 0 Å². The van der Waals surface area contributed by atoms with Gasteiger partial charge in [0, 0.05) is 12.5 Å². The van der Waals surface area contributed by atoms with Crippen molar-refractivity contribution in [3.05, 3.63) is 0 Å². The number of hydrogen-bond donors (Lipinski definition) is 3. The van der Waals surface area contributed by atoms with Gasteiger partial charge in [-0.3, -0.25) is 0 Å². The summed E-state index contributed by atoms with van der Waals surface area (Å²) in [7, 11) is 0. The van der Waals surface area contributed by atoms with Crippen LogP contribution in [0.15, 0.2) is 0 Å². The first-order valence-electron chi connectivity index (χ1n) is 3.66.